The Bertz CT molecular complexity index is 639. The molecule has 0 saturated heterocycles. The Kier molecular flexibility index (Phi) is 5.35. The number of carbonyl (C=O) groups is 1. The number of carbonyl (C=O) groups excluding carboxylic acids is 1. The summed E-state index contributed by atoms with van der Waals surface area (Å²) in [5, 5.41) is 4.25. The lowest BCUT2D eigenvalue weighted by molar-refractivity contribution is -0.141. The Hall–Kier alpha value is -2.57. The zero-order chi connectivity index (χ0) is 15.9. The van der Waals surface area contributed by atoms with Crippen molar-refractivity contribution in [3.05, 3.63) is 24.5 Å². The van der Waals surface area contributed by atoms with E-state index in [0.717, 1.165) is 5.56 Å². The smallest absolute Gasteiger partial charge is 0.327 e. The van der Waals surface area contributed by atoms with Crippen LogP contribution in [-0.4, -0.2) is 41.1 Å². The summed E-state index contributed by atoms with van der Waals surface area (Å²) in [6, 6.07) is 5.50. The molecule has 0 unspecified atom stereocenters. The summed E-state index contributed by atoms with van der Waals surface area (Å²) >= 11 is 0. The van der Waals surface area contributed by atoms with E-state index in [1.165, 1.54) is 18.1 Å². The molecule has 1 aromatic heterocycles. The molecule has 0 radical (unpaired) electrons. The Morgan fingerprint density at radius 3 is 2.59 bits per heavy atom. The SMILES string of the molecule is CCOc1ccc(-c2ncn(CC(=O)OC)n2)cc1OCC. The van der Waals surface area contributed by atoms with Crippen LogP contribution in [0.3, 0.4) is 0 Å². The molecule has 0 aliphatic rings. The molecule has 1 aromatic carbocycles. The van der Waals surface area contributed by atoms with Crippen LogP contribution in [0.5, 0.6) is 11.5 Å². The fraction of sp³-hybridized carbons (Fsp3) is 0.400. The molecule has 0 bridgehead atoms. The van der Waals surface area contributed by atoms with Crippen molar-refractivity contribution in [3.8, 4) is 22.9 Å². The zero-order valence-corrected chi connectivity index (χ0v) is 12.9. The van der Waals surface area contributed by atoms with Crippen molar-refractivity contribution in [3.63, 3.8) is 0 Å². The second-order valence-electron chi connectivity index (χ2n) is 4.37. The van der Waals surface area contributed by atoms with E-state index in [-0.39, 0.29) is 12.5 Å². The van der Waals surface area contributed by atoms with Gasteiger partial charge in [0.25, 0.3) is 0 Å². The first-order valence-electron chi connectivity index (χ1n) is 7.04. The van der Waals surface area contributed by atoms with Gasteiger partial charge < -0.3 is 14.2 Å². The lowest BCUT2D eigenvalue weighted by Gasteiger charge is -2.11. The molecule has 0 aliphatic carbocycles. The molecule has 0 atom stereocenters. The number of rotatable bonds is 7. The fourth-order valence-electron chi connectivity index (χ4n) is 1.89. The summed E-state index contributed by atoms with van der Waals surface area (Å²) in [4.78, 5) is 15.4. The summed E-state index contributed by atoms with van der Waals surface area (Å²) in [7, 11) is 1.33. The van der Waals surface area contributed by atoms with E-state index >= 15 is 0 Å². The monoisotopic (exact) mass is 305 g/mol. The van der Waals surface area contributed by atoms with E-state index in [1.54, 1.807) is 0 Å². The van der Waals surface area contributed by atoms with E-state index in [4.69, 9.17) is 9.47 Å². The van der Waals surface area contributed by atoms with Gasteiger partial charge in [0.1, 0.15) is 12.9 Å². The first kappa shape index (κ1) is 15.8. The Morgan fingerprint density at radius 1 is 1.18 bits per heavy atom. The van der Waals surface area contributed by atoms with Crippen molar-refractivity contribution in [1.82, 2.24) is 14.8 Å². The molecular weight excluding hydrogens is 286 g/mol. The number of hydrogen-bond donors (Lipinski definition) is 0. The molecule has 2 aromatic rings. The number of esters is 1. The van der Waals surface area contributed by atoms with E-state index in [0.29, 0.717) is 30.5 Å². The van der Waals surface area contributed by atoms with Crippen molar-refractivity contribution in [2.24, 2.45) is 0 Å². The standard InChI is InChI=1S/C15H19N3O4/c1-4-21-12-7-6-11(8-13(12)22-5-2)15-16-10-18(17-15)9-14(19)20-3/h6-8,10H,4-5,9H2,1-3H3. The van der Waals surface area contributed by atoms with Gasteiger partial charge in [0.05, 0.1) is 20.3 Å². The number of hydrogen-bond acceptors (Lipinski definition) is 6. The van der Waals surface area contributed by atoms with Crippen LogP contribution in [0.15, 0.2) is 24.5 Å². The van der Waals surface area contributed by atoms with Crippen LogP contribution < -0.4 is 9.47 Å². The Morgan fingerprint density at radius 2 is 1.91 bits per heavy atom. The summed E-state index contributed by atoms with van der Waals surface area (Å²) in [6.07, 6.45) is 1.49. The van der Waals surface area contributed by atoms with Gasteiger partial charge in [0.2, 0.25) is 0 Å². The summed E-state index contributed by atoms with van der Waals surface area (Å²) < 4.78 is 17.1. The van der Waals surface area contributed by atoms with Gasteiger partial charge in [-0.25, -0.2) is 9.67 Å². The van der Waals surface area contributed by atoms with Crippen molar-refractivity contribution in [1.29, 1.82) is 0 Å². The third-order valence-electron chi connectivity index (χ3n) is 2.86. The molecule has 0 N–H and O–H groups in total. The maximum absolute atomic E-state index is 11.2. The number of aromatic nitrogens is 3. The van der Waals surface area contributed by atoms with Gasteiger partial charge in [0.15, 0.2) is 17.3 Å². The average Bonchev–Trinajstić information content (AvgIpc) is 2.98. The Balaban J connectivity index is 2.24. The third-order valence-corrected chi connectivity index (χ3v) is 2.86. The highest BCUT2D eigenvalue weighted by Crippen LogP contribution is 2.31. The quantitative estimate of drug-likeness (QED) is 0.727. The summed E-state index contributed by atoms with van der Waals surface area (Å²) in [5.41, 5.74) is 0.788. The van der Waals surface area contributed by atoms with Crippen molar-refractivity contribution in [2.75, 3.05) is 20.3 Å². The molecule has 1 heterocycles. The lowest BCUT2D eigenvalue weighted by Crippen LogP contribution is -2.11. The van der Waals surface area contributed by atoms with Gasteiger partial charge in [0, 0.05) is 5.56 Å². The number of benzene rings is 1. The first-order chi connectivity index (χ1) is 10.7. The minimum absolute atomic E-state index is 0.0266. The molecule has 2 rings (SSSR count). The van der Waals surface area contributed by atoms with Crippen molar-refractivity contribution < 1.29 is 19.0 Å². The lowest BCUT2D eigenvalue weighted by atomic mass is 10.2. The number of ether oxygens (including phenoxy) is 3. The molecule has 118 valence electrons. The van der Waals surface area contributed by atoms with Gasteiger partial charge in [-0.1, -0.05) is 0 Å². The normalized spacial score (nSPS) is 10.3. The second-order valence-corrected chi connectivity index (χ2v) is 4.37. The summed E-state index contributed by atoms with van der Waals surface area (Å²) in [6.45, 7) is 4.95. The van der Waals surface area contributed by atoms with Gasteiger partial charge in [-0.2, -0.15) is 5.10 Å². The van der Waals surface area contributed by atoms with Gasteiger partial charge >= 0.3 is 5.97 Å². The second kappa shape index (κ2) is 7.44. The molecular formula is C15H19N3O4. The highest BCUT2D eigenvalue weighted by molar-refractivity contribution is 5.69. The fourth-order valence-corrected chi connectivity index (χ4v) is 1.89. The van der Waals surface area contributed by atoms with Gasteiger partial charge in [-0.15, -0.1) is 0 Å². The molecule has 7 nitrogen and oxygen atoms in total. The molecule has 0 spiro atoms. The predicted molar refractivity (Wildman–Crippen MR) is 79.8 cm³/mol. The maximum Gasteiger partial charge on any atom is 0.327 e. The molecule has 0 aliphatic heterocycles. The highest BCUT2D eigenvalue weighted by atomic mass is 16.5. The van der Waals surface area contributed by atoms with Crippen LogP contribution in [0.25, 0.3) is 11.4 Å². The number of nitrogens with zero attached hydrogens (tertiary/aromatic N) is 3. The van der Waals surface area contributed by atoms with Crippen LogP contribution in [0, 0.1) is 0 Å². The minimum Gasteiger partial charge on any atom is -0.490 e. The van der Waals surface area contributed by atoms with E-state index in [2.05, 4.69) is 14.8 Å². The minimum atomic E-state index is -0.377. The van der Waals surface area contributed by atoms with E-state index in [1.807, 2.05) is 32.0 Å². The topological polar surface area (TPSA) is 75.5 Å². The van der Waals surface area contributed by atoms with Crippen LogP contribution >= 0.6 is 0 Å². The largest absolute Gasteiger partial charge is 0.490 e. The van der Waals surface area contributed by atoms with E-state index < -0.39 is 0 Å². The number of methoxy groups -OCH3 is 1. The molecule has 7 heteroatoms. The molecule has 22 heavy (non-hydrogen) atoms. The predicted octanol–water partition coefficient (Wildman–Crippen LogP) is 1.92. The van der Waals surface area contributed by atoms with Crippen molar-refractivity contribution in [2.45, 2.75) is 20.4 Å². The zero-order valence-electron chi connectivity index (χ0n) is 12.9. The summed E-state index contributed by atoms with van der Waals surface area (Å²) in [5.74, 6) is 1.46. The Labute approximate surface area is 128 Å². The highest BCUT2D eigenvalue weighted by Gasteiger charge is 2.11. The van der Waals surface area contributed by atoms with Crippen molar-refractivity contribution >= 4 is 5.97 Å². The molecule has 0 fully saturated rings. The average molecular weight is 305 g/mol. The van der Waals surface area contributed by atoms with E-state index in [9.17, 15) is 4.79 Å². The van der Waals surface area contributed by atoms with Crippen LogP contribution in [0.2, 0.25) is 0 Å². The maximum atomic E-state index is 11.2. The van der Waals surface area contributed by atoms with Crippen LogP contribution in [-0.2, 0) is 16.1 Å². The van der Waals surface area contributed by atoms with Gasteiger partial charge in [-0.05, 0) is 32.0 Å². The van der Waals surface area contributed by atoms with Crippen LogP contribution in [0.1, 0.15) is 13.8 Å². The first-order valence-corrected chi connectivity index (χ1v) is 7.04. The molecule has 0 saturated carbocycles. The third kappa shape index (κ3) is 3.75. The van der Waals surface area contributed by atoms with Gasteiger partial charge in [-0.3, -0.25) is 4.79 Å². The van der Waals surface area contributed by atoms with Crippen LogP contribution in [0.4, 0.5) is 0 Å². The molecule has 0 amide bonds.